The number of hydrogen-bond donors (Lipinski definition) is 1. The maximum atomic E-state index is 10.9. The van der Waals surface area contributed by atoms with E-state index in [1.807, 2.05) is 30.3 Å². The fourth-order valence-corrected chi connectivity index (χ4v) is 3.13. The molecule has 0 aliphatic carbocycles. The van der Waals surface area contributed by atoms with E-state index in [2.05, 4.69) is 37.9 Å². The monoisotopic (exact) mass is 277 g/mol. The van der Waals surface area contributed by atoms with E-state index in [0.29, 0.717) is 0 Å². The SMILES string of the molecule is Cc1cc(C)c(C(O)c2cccc3cccnc23)c(C)c1. The minimum atomic E-state index is -0.649. The zero-order valence-electron chi connectivity index (χ0n) is 12.6. The Morgan fingerprint density at radius 2 is 1.62 bits per heavy atom. The van der Waals surface area contributed by atoms with Crippen molar-refractivity contribution in [2.24, 2.45) is 0 Å². The lowest BCUT2D eigenvalue weighted by Crippen LogP contribution is -2.06. The Balaban J connectivity index is 2.20. The lowest BCUT2D eigenvalue weighted by molar-refractivity contribution is 0.220. The number of hydrogen-bond acceptors (Lipinski definition) is 2. The molecule has 0 fully saturated rings. The molecule has 0 aliphatic heterocycles. The second kappa shape index (κ2) is 5.30. The summed E-state index contributed by atoms with van der Waals surface area (Å²) in [5.41, 5.74) is 6.17. The summed E-state index contributed by atoms with van der Waals surface area (Å²) in [7, 11) is 0. The third kappa shape index (κ3) is 2.43. The van der Waals surface area contributed by atoms with Gasteiger partial charge in [0.15, 0.2) is 0 Å². The summed E-state index contributed by atoms with van der Waals surface area (Å²) in [6, 6.07) is 14.1. The molecular weight excluding hydrogens is 258 g/mol. The topological polar surface area (TPSA) is 33.1 Å². The first kappa shape index (κ1) is 13.8. The van der Waals surface area contributed by atoms with Gasteiger partial charge in [-0.1, -0.05) is 42.0 Å². The number of aryl methyl sites for hydroxylation is 3. The van der Waals surface area contributed by atoms with Gasteiger partial charge in [0.05, 0.1) is 5.52 Å². The molecule has 0 aliphatic rings. The van der Waals surface area contributed by atoms with Crippen LogP contribution >= 0.6 is 0 Å². The van der Waals surface area contributed by atoms with Crippen LogP contribution in [0.25, 0.3) is 10.9 Å². The predicted molar refractivity (Wildman–Crippen MR) is 86.5 cm³/mol. The van der Waals surface area contributed by atoms with Crippen molar-refractivity contribution in [3.8, 4) is 0 Å². The summed E-state index contributed by atoms with van der Waals surface area (Å²) in [6.45, 7) is 6.18. The van der Waals surface area contributed by atoms with E-state index in [-0.39, 0.29) is 0 Å². The second-order valence-electron chi connectivity index (χ2n) is 5.64. The van der Waals surface area contributed by atoms with E-state index >= 15 is 0 Å². The van der Waals surface area contributed by atoms with Crippen molar-refractivity contribution in [3.63, 3.8) is 0 Å². The number of rotatable bonds is 2. The first-order valence-corrected chi connectivity index (χ1v) is 7.17. The molecule has 3 rings (SSSR count). The molecule has 2 heteroatoms. The van der Waals surface area contributed by atoms with Crippen LogP contribution in [0.5, 0.6) is 0 Å². The molecule has 0 amide bonds. The Morgan fingerprint density at radius 1 is 0.952 bits per heavy atom. The quantitative estimate of drug-likeness (QED) is 0.760. The highest BCUT2D eigenvalue weighted by Crippen LogP contribution is 2.31. The summed E-state index contributed by atoms with van der Waals surface area (Å²) < 4.78 is 0. The van der Waals surface area contributed by atoms with Gasteiger partial charge in [-0.05, 0) is 43.5 Å². The van der Waals surface area contributed by atoms with Crippen LogP contribution in [-0.2, 0) is 0 Å². The van der Waals surface area contributed by atoms with Crippen LogP contribution < -0.4 is 0 Å². The van der Waals surface area contributed by atoms with Gasteiger partial charge in [0.2, 0.25) is 0 Å². The molecule has 3 aromatic rings. The highest BCUT2D eigenvalue weighted by Gasteiger charge is 2.18. The van der Waals surface area contributed by atoms with Crippen molar-refractivity contribution in [2.45, 2.75) is 26.9 Å². The normalized spacial score (nSPS) is 12.6. The van der Waals surface area contributed by atoms with Crippen LogP contribution in [-0.4, -0.2) is 10.1 Å². The third-order valence-electron chi connectivity index (χ3n) is 3.97. The zero-order chi connectivity index (χ0) is 15.0. The number of benzene rings is 2. The fraction of sp³-hybridized carbons (Fsp3) is 0.211. The number of para-hydroxylation sites is 1. The van der Waals surface area contributed by atoms with Crippen LogP contribution in [0, 0.1) is 20.8 Å². The van der Waals surface area contributed by atoms with Gasteiger partial charge < -0.3 is 5.11 Å². The van der Waals surface area contributed by atoms with E-state index in [0.717, 1.165) is 33.2 Å². The fourth-order valence-electron chi connectivity index (χ4n) is 3.13. The first-order chi connectivity index (χ1) is 10.1. The molecule has 2 nitrogen and oxygen atoms in total. The number of fused-ring (bicyclic) bond motifs is 1. The van der Waals surface area contributed by atoms with Crippen molar-refractivity contribution in [1.29, 1.82) is 0 Å². The Bertz CT molecular complexity index is 779. The predicted octanol–water partition coefficient (Wildman–Crippen LogP) is 4.24. The van der Waals surface area contributed by atoms with Gasteiger partial charge in [-0.3, -0.25) is 4.98 Å². The van der Waals surface area contributed by atoms with Crippen molar-refractivity contribution in [1.82, 2.24) is 4.98 Å². The largest absolute Gasteiger partial charge is 0.384 e. The maximum absolute atomic E-state index is 10.9. The average molecular weight is 277 g/mol. The lowest BCUT2D eigenvalue weighted by Gasteiger charge is -2.19. The number of pyridine rings is 1. The van der Waals surface area contributed by atoms with E-state index < -0.39 is 6.10 Å². The van der Waals surface area contributed by atoms with Crippen LogP contribution in [0.3, 0.4) is 0 Å². The highest BCUT2D eigenvalue weighted by molar-refractivity contribution is 5.82. The summed E-state index contributed by atoms with van der Waals surface area (Å²) in [4.78, 5) is 4.44. The summed E-state index contributed by atoms with van der Waals surface area (Å²) in [5.74, 6) is 0. The number of aliphatic hydroxyl groups excluding tert-OH is 1. The van der Waals surface area contributed by atoms with E-state index in [1.54, 1.807) is 6.20 Å². The molecule has 0 saturated heterocycles. The number of nitrogens with zero attached hydrogens (tertiary/aromatic N) is 1. The maximum Gasteiger partial charge on any atom is 0.107 e. The van der Waals surface area contributed by atoms with E-state index in [4.69, 9.17) is 0 Å². The van der Waals surface area contributed by atoms with Gasteiger partial charge >= 0.3 is 0 Å². The first-order valence-electron chi connectivity index (χ1n) is 7.17. The van der Waals surface area contributed by atoms with Crippen molar-refractivity contribution in [3.05, 3.63) is 76.5 Å². The number of aliphatic hydroxyl groups is 1. The summed E-state index contributed by atoms with van der Waals surface area (Å²) in [6.07, 6.45) is 1.12. The molecular formula is C19H19NO. The van der Waals surface area contributed by atoms with Crippen molar-refractivity contribution >= 4 is 10.9 Å². The highest BCUT2D eigenvalue weighted by atomic mass is 16.3. The molecule has 106 valence electrons. The van der Waals surface area contributed by atoms with Gasteiger partial charge in [-0.25, -0.2) is 0 Å². The van der Waals surface area contributed by atoms with Gasteiger partial charge in [-0.2, -0.15) is 0 Å². The third-order valence-corrected chi connectivity index (χ3v) is 3.97. The van der Waals surface area contributed by atoms with Gasteiger partial charge in [0.1, 0.15) is 6.10 Å². The standard InChI is InChI=1S/C19H19NO/c1-12-10-13(2)17(14(3)11-12)19(21)16-8-4-6-15-7-5-9-20-18(15)16/h4-11,19,21H,1-3H3. The Hall–Kier alpha value is -2.19. The van der Waals surface area contributed by atoms with Gasteiger partial charge in [0.25, 0.3) is 0 Å². The van der Waals surface area contributed by atoms with Crippen molar-refractivity contribution < 1.29 is 5.11 Å². The Labute approximate surface area is 125 Å². The molecule has 1 aromatic heterocycles. The molecule has 1 atom stereocenters. The molecule has 1 N–H and O–H groups in total. The summed E-state index contributed by atoms with van der Waals surface area (Å²) in [5, 5.41) is 12.0. The van der Waals surface area contributed by atoms with E-state index in [9.17, 15) is 5.11 Å². The minimum absolute atomic E-state index is 0.649. The van der Waals surface area contributed by atoms with Gasteiger partial charge in [0, 0.05) is 17.1 Å². The molecule has 21 heavy (non-hydrogen) atoms. The lowest BCUT2D eigenvalue weighted by atomic mass is 9.91. The average Bonchev–Trinajstić information content (AvgIpc) is 2.45. The number of aromatic nitrogens is 1. The minimum Gasteiger partial charge on any atom is -0.384 e. The van der Waals surface area contributed by atoms with Gasteiger partial charge in [-0.15, -0.1) is 0 Å². The summed E-state index contributed by atoms with van der Waals surface area (Å²) >= 11 is 0. The zero-order valence-corrected chi connectivity index (χ0v) is 12.6. The van der Waals surface area contributed by atoms with Crippen LogP contribution in [0.4, 0.5) is 0 Å². The second-order valence-corrected chi connectivity index (χ2v) is 5.64. The van der Waals surface area contributed by atoms with Crippen molar-refractivity contribution in [2.75, 3.05) is 0 Å². The molecule has 0 radical (unpaired) electrons. The Kier molecular flexibility index (Phi) is 3.48. The molecule has 2 aromatic carbocycles. The van der Waals surface area contributed by atoms with Crippen LogP contribution in [0.15, 0.2) is 48.7 Å². The molecule has 0 spiro atoms. The molecule has 1 heterocycles. The van der Waals surface area contributed by atoms with Crippen LogP contribution in [0.2, 0.25) is 0 Å². The molecule has 0 bridgehead atoms. The van der Waals surface area contributed by atoms with Crippen LogP contribution in [0.1, 0.15) is 33.9 Å². The smallest absolute Gasteiger partial charge is 0.107 e. The molecule has 0 saturated carbocycles. The van der Waals surface area contributed by atoms with E-state index in [1.165, 1.54) is 5.56 Å². The molecule has 1 unspecified atom stereocenters. The Morgan fingerprint density at radius 3 is 2.33 bits per heavy atom.